The Bertz CT molecular complexity index is 505. The standard InChI is InChI=1S/C15H23N3O3/c1-4-16-13(19)9-12-7-5-6-8-18(12)15(20)14-10(2)17-21-11(14)3/h12H,4-9H2,1-3H3,(H,16,19). The number of hydrogen-bond acceptors (Lipinski definition) is 4. The van der Waals surface area contributed by atoms with Gasteiger partial charge in [-0.1, -0.05) is 5.16 Å². The molecule has 1 aromatic heterocycles. The SMILES string of the molecule is CCNC(=O)CC1CCCCN1C(=O)c1c(C)noc1C. The van der Waals surface area contributed by atoms with Crippen LogP contribution >= 0.6 is 0 Å². The van der Waals surface area contributed by atoms with Crippen molar-refractivity contribution >= 4 is 11.8 Å². The van der Waals surface area contributed by atoms with Gasteiger partial charge in [0.1, 0.15) is 11.3 Å². The molecular formula is C15H23N3O3. The van der Waals surface area contributed by atoms with Crippen LogP contribution in [0.2, 0.25) is 0 Å². The second-order valence-corrected chi connectivity index (χ2v) is 5.50. The van der Waals surface area contributed by atoms with E-state index in [-0.39, 0.29) is 17.9 Å². The smallest absolute Gasteiger partial charge is 0.259 e. The molecule has 0 radical (unpaired) electrons. The van der Waals surface area contributed by atoms with Crippen molar-refractivity contribution in [3.63, 3.8) is 0 Å². The van der Waals surface area contributed by atoms with Crippen molar-refractivity contribution < 1.29 is 14.1 Å². The molecule has 1 aliphatic rings. The predicted molar refractivity (Wildman–Crippen MR) is 78.0 cm³/mol. The number of carbonyl (C=O) groups excluding carboxylic acids is 2. The van der Waals surface area contributed by atoms with Gasteiger partial charge in [0, 0.05) is 25.6 Å². The molecule has 116 valence electrons. The first-order chi connectivity index (χ1) is 10.0. The second-order valence-electron chi connectivity index (χ2n) is 5.50. The molecule has 6 heteroatoms. The molecule has 1 saturated heterocycles. The lowest BCUT2D eigenvalue weighted by Crippen LogP contribution is -2.46. The molecule has 6 nitrogen and oxygen atoms in total. The molecule has 2 amide bonds. The van der Waals surface area contributed by atoms with Crippen LogP contribution < -0.4 is 5.32 Å². The van der Waals surface area contributed by atoms with Crippen LogP contribution in [0.25, 0.3) is 0 Å². The van der Waals surface area contributed by atoms with E-state index < -0.39 is 0 Å². The van der Waals surface area contributed by atoms with Gasteiger partial charge in [0.25, 0.3) is 5.91 Å². The summed E-state index contributed by atoms with van der Waals surface area (Å²) in [6, 6.07) is -0.0356. The maximum absolute atomic E-state index is 12.7. The maximum atomic E-state index is 12.7. The van der Waals surface area contributed by atoms with Crippen molar-refractivity contribution in [2.24, 2.45) is 0 Å². The third-order valence-corrected chi connectivity index (χ3v) is 3.93. The van der Waals surface area contributed by atoms with E-state index >= 15 is 0 Å². The van der Waals surface area contributed by atoms with Gasteiger partial charge >= 0.3 is 0 Å². The highest BCUT2D eigenvalue weighted by Gasteiger charge is 2.31. The number of aromatic nitrogens is 1. The van der Waals surface area contributed by atoms with Crippen molar-refractivity contribution in [3.05, 3.63) is 17.0 Å². The van der Waals surface area contributed by atoms with Crippen LogP contribution in [0.5, 0.6) is 0 Å². The summed E-state index contributed by atoms with van der Waals surface area (Å²) in [4.78, 5) is 26.4. The van der Waals surface area contributed by atoms with Gasteiger partial charge in [0.05, 0.1) is 5.69 Å². The van der Waals surface area contributed by atoms with Crippen LogP contribution in [0.1, 0.15) is 54.4 Å². The fourth-order valence-corrected chi connectivity index (χ4v) is 2.90. The number of amides is 2. The van der Waals surface area contributed by atoms with E-state index in [0.717, 1.165) is 19.3 Å². The molecule has 0 saturated carbocycles. The first-order valence-corrected chi connectivity index (χ1v) is 7.55. The number of likely N-dealkylation sites (tertiary alicyclic amines) is 1. The van der Waals surface area contributed by atoms with Gasteiger partial charge in [-0.25, -0.2) is 0 Å². The van der Waals surface area contributed by atoms with Crippen LogP contribution in [0.3, 0.4) is 0 Å². The Hall–Kier alpha value is -1.85. The average molecular weight is 293 g/mol. The molecular weight excluding hydrogens is 270 g/mol. The minimum Gasteiger partial charge on any atom is -0.361 e. The second kappa shape index (κ2) is 6.74. The fraction of sp³-hybridized carbons (Fsp3) is 0.667. The Balaban J connectivity index is 2.15. The summed E-state index contributed by atoms with van der Waals surface area (Å²) in [6.45, 7) is 6.71. The van der Waals surface area contributed by atoms with Crippen molar-refractivity contribution in [2.75, 3.05) is 13.1 Å². The highest BCUT2D eigenvalue weighted by Crippen LogP contribution is 2.24. The lowest BCUT2D eigenvalue weighted by atomic mass is 9.97. The average Bonchev–Trinajstić information content (AvgIpc) is 2.78. The lowest BCUT2D eigenvalue weighted by Gasteiger charge is -2.35. The van der Waals surface area contributed by atoms with Gasteiger partial charge in [0.15, 0.2) is 0 Å². The number of carbonyl (C=O) groups is 2. The first kappa shape index (κ1) is 15.5. The molecule has 0 aliphatic carbocycles. The van der Waals surface area contributed by atoms with Gasteiger partial charge in [-0.2, -0.15) is 0 Å². The summed E-state index contributed by atoms with van der Waals surface area (Å²) in [6.07, 6.45) is 3.26. The van der Waals surface area contributed by atoms with Gasteiger partial charge in [0.2, 0.25) is 5.91 Å². The number of piperidine rings is 1. The zero-order chi connectivity index (χ0) is 15.4. The van der Waals surface area contributed by atoms with Crippen LogP contribution in [0, 0.1) is 13.8 Å². The zero-order valence-corrected chi connectivity index (χ0v) is 12.9. The molecule has 1 fully saturated rings. The maximum Gasteiger partial charge on any atom is 0.259 e. The summed E-state index contributed by atoms with van der Waals surface area (Å²) in [5.74, 6) is 0.473. The van der Waals surface area contributed by atoms with Crippen molar-refractivity contribution in [1.29, 1.82) is 0 Å². The molecule has 2 heterocycles. The van der Waals surface area contributed by atoms with Gasteiger partial charge < -0.3 is 14.7 Å². The van der Waals surface area contributed by atoms with Crippen LogP contribution in [-0.4, -0.2) is 41.0 Å². The van der Waals surface area contributed by atoms with Crippen LogP contribution in [-0.2, 0) is 4.79 Å². The topological polar surface area (TPSA) is 75.4 Å². The Morgan fingerprint density at radius 3 is 2.76 bits per heavy atom. The van der Waals surface area contributed by atoms with E-state index in [1.165, 1.54) is 0 Å². The minimum atomic E-state index is -0.0692. The number of hydrogen-bond donors (Lipinski definition) is 1. The Kier molecular flexibility index (Phi) is 4.98. The molecule has 21 heavy (non-hydrogen) atoms. The summed E-state index contributed by atoms with van der Waals surface area (Å²) in [5.41, 5.74) is 1.15. The number of aryl methyl sites for hydroxylation is 2. The third-order valence-electron chi connectivity index (χ3n) is 3.93. The van der Waals surface area contributed by atoms with E-state index in [9.17, 15) is 9.59 Å². The van der Waals surface area contributed by atoms with Gasteiger partial charge in [-0.3, -0.25) is 9.59 Å². The van der Waals surface area contributed by atoms with Crippen LogP contribution in [0.15, 0.2) is 4.52 Å². The highest BCUT2D eigenvalue weighted by molar-refractivity contribution is 5.96. The summed E-state index contributed by atoms with van der Waals surface area (Å²) < 4.78 is 5.09. The normalized spacial score (nSPS) is 18.6. The molecule has 1 aliphatic heterocycles. The monoisotopic (exact) mass is 293 g/mol. The third kappa shape index (κ3) is 3.43. The molecule has 0 aromatic carbocycles. The summed E-state index contributed by atoms with van der Waals surface area (Å²) >= 11 is 0. The molecule has 1 unspecified atom stereocenters. The van der Waals surface area contributed by atoms with Gasteiger partial charge in [-0.15, -0.1) is 0 Å². The molecule has 1 atom stereocenters. The van der Waals surface area contributed by atoms with Crippen molar-refractivity contribution in [3.8, 4) is 0 Å². The van der Waals surface area contributed by atoms with Crippen LogP contribution in [0.4, 0.5) is 0 Å². The van der Waals surface area contributed by atoms with E-state index in [1.54, 1.807) is 13.8 Å². The molecule has 1 aromatic rings. The quantitative estimate of drug-likeness (QED) is 0.918. The number of nitrogens with one attached hydrogen (secondary N) is 1. The van der Waals surface area contributed by atoms with E-state index in [2.05, 4.69) is 10.5 Å². The first-order valence-electron chi connectivity index (χ1n) is 7.55. The fourth-order valence-electron chi connectivity index (χ4n) is 2.90. The Morgan fingerprint density at radius 1 is 1.38 bits per heavy atom. The Labute approximate surface area is 124 Å². The largest absolute Gasteiger partial charge is 0.361 e. The van der Waals surface area contributed by atoms with E-state index in [1.807, 2.05) is 11.8 Å². The Morgan fingerprint density at radius 2 is 2.14 bits per heavy atom. The molecule has 0 bridgehead atoms. The van der Waals surface area contributed by atoms with Crippen molar-refractivity contribution in [1.82, 2.24) is 15.4 Å². The van der Waals surface area contributed by atoms with Crippen molar-refractivity contribution in [2.45, 2.75) is 52.5 Å². The summed E-state index contributed by atoms with van der Waals surface area (Å²) in [5, 5.41) is 6.65. The number of nitrogens with zero attached hydrogens (tertiary/aromatic N) is 2. The zero-order valence-electron chi connectivity index (χ0n) is 12.9. The molecule has 0 spiro atoms. The van der Waals surface area contributed by atoms with Gasteiger partial charge in [-0.05, 0) is 40.0 Å². The highest BCUT2D eigenvalue weighted by atomic mass is 16.5. The lowest BCUT2D eigenvalue weighted by molar-refractivity contribution is -0.122. The minimum absolute atomic E-state index is 0.000891. The summed E-state index contributed by atoms with van der Waals surface area (Å²) in [7, 11) is 0. The number of rotatable bonds is 4. The predicted octanol–water partition coefficient (Wildman–Crippen LogP) is 1.81. The molecule has 2 rings (SSSR count). The van der Waals surface area contributed by atoms with E-state index in [0.29, 0.717) is 36.5 Å². The molecule has 1 N–H and O–H groups in total. The van der Waals surface area contributed by atoms with E-state index in [4.69, 9.17) is 4.52 Å².